The summed E-state index contributed by atoms with van der Waals surface area (Å²) in [5.74, 6) is 1.09. The average Bonchev–Trinajstić information content (AvgIpc) is 2.97. The minimum atomic E-state index is -3.61. The van der Waals surface area contributed by atoms with Crippen LogP contribution in [0.1, 0.15) is 52.0 Å². The standard InChI is InChI=1S/C18H26N4O3S/c1-10-11(2)13(4)17(14(5)12(10)3)26(23,24)20-9-7-16-21-18(22-25-16)15-6-8-19-15/h15,19-20H,6-9H2,1-5H3. The molecule has 0 radical (unpaired) electrons. The summed E-state index contributed by atoms with van der Waals surface area (Å²) in [5, 5.41) is 7.15. The third-order valence-electron chi connectivity index (χ3n) is 5.45. The van der Waals surface area contributed by atoms with E-state index in [9.17, 15) is 8.42 Å². The second-order valence-electron chi connectivity index (χ2n) is 6.94. The van der Waals surface area contributed by atoms with Crippen LogP contribution in [0, 0.1) is 34.6 Å². The number of aromatic nitrogens is 2. The molecule has 0 bridgehead atoms. The Morgan fingerprint density at radius 2 is 1.65 bits per heavy atom. The van der Waals surface area contributed by atoms with E-state index in [0.29, 0.717) is 23.0 Å². The molecule has 1 aliphatic rings. The SMILES string of the molecule is Cc1c(C)c(C)c(S(=O)(=O)NCCc2nc(C3CCN3)no2)c(C)c1C. The fraction of sp³-hybridized carbons (Fsp3) is 0.556. The summed E-state index contributed by atoms with van der Waals surface area (Å²) in [6.45, 7) is 10.8. The number of rotatable bonds is 6. The first-order valence-electron chi connectivity index (χ1n) is 8.85. The summed E-state index contributed by atoms with van der Waals surface area (Å²) >= 11 is 0. The maximum Gasteiger partial charge on any atom is 0.241 e. The van der Waals surface area contributed by atoms with Gasteiger partial charge in [0.2, 0.25) is 15.9 Å². The molecule has 0 saturated carbocycles. The summed E-state index contributed by atoms with van der Waals surface area (Å²) in [7, 11) is -3.61. The molecule has 1 saturated heterocycles. The normalized spacial score (nSPS) is 17.3. The number of hydrogen-bond donors (Lipinski definition) is 2. The number of nitrogens with one attached hydrogen (secondary N) is 2. The highest BCUT2D eigenvalue weighted by atomic mass is 32.2. The van der Waals surface area contributed by atoms with Crippen molar-refractivity contribution in [3.05, 3.63) is 39.5 Å². The molecule has 0 spiro atoms. The summed E-state index contributed by atoms with van der Waals surface area (Å²) in [6.07, 6.45) is 1.36. The van der Waals surface area contributed by atoms with Crippen molar-refractivity contribution in [2.24, 2.45) is 0 Å². The lowest BCUT2D eigenvalue weighted by Crippen LogP contribution is -2.35. The first-order chi connectivity index (χ1) is 12.2. The molecule has 0 aliphatic carbocycles. The zero-order valence-corrected chi connectivity index (χ0v) is 16.7. The number of hydrogen-bond acceptors (Lipinski definition) is 6. The van der Waals surface area contributed by atoms with Gasteiger partial charge in [0.1, 0.15) is 0 Å². The highest BCUT2D eigenvalue weighted by molar-refractivity contribution is 7.89. The third-order valence-corrected chi connectivity index (χ3v) is 7.18. The molecule has 1 atom stereocenters. The van der Waals surface area contributed by atoms with Gasteiger partial charge in [-0.25, -0.2) is 13.1 Å². The van der Waals surface area contributed by atoms with Crippen LogP contribution in [-0.4, -0.2) is 31.6 Å². The molecule has 1 aromatic heterocycles. The van der Waals surface area contributed by atoms with Crippen LogP contribution in [-0.2, 0) is 16.4 Å². The summed E-state index contributed by atoms with van der Waals surface area (Å²) in [4.78, 5) is 4.70. The molecule has 1 unspecified atom stereocenters. The zero-order chi connectivity index (χ0) is 19.1. The van der Waals surface area contributed by atoms with Crippen molar-refractivity contribution in [1.82, 2.24) is 20.2 Å². The number of nitrogens with zero attached hydrogens (tertiary/aromatic N) is 2. The molecule has 8 heteroatoms. The first-order valence-corrected chi connectivity index (χ1v) is 10.3. The molecule has 7 nitrogen and oxygen atoms in total. The largest absolute Gasteiger partial charge is 0.339 e. The molecule has 2 aromatic rings. The minimum Gasteiger partial charge on any atom is -0.339 e. The fourth-order valence-electron chi connectivity index (χ4n) is 3.25. The Labute approximate surface area is 154 Å². The van der Waals surface area contributed by atoms with Gasteiger partial charge in [-0.2, -0.15) is 4.98 Å². The van der Waals surface area contributed by atoms with E-state index in [0.717, 1.165) is 40.8 Å². The molecule has 1 aromatic carbocycles. The lowest BCUT2D eigenvalue weighted by molar-refractivity contribution is 0.331. The van der Waals surface area contributed by atoms with E-state index in [4.69, 9.17) is 4.52 Å². The first kappa shape index (κ1) is 19.0. The Morgan fingerprint density at radius 1 is 1.08 bits per heavy atom. The lowest BCUT2D eigenvalue weighted by Gasteiger charge is -2.23. The highest BCUT2D eigenvalue weighted by Gasteiger charge is 2.25. The lowest BCUT2D eigenvalue weighted by atomic mass is 9.95. The van der Waals surface area contributed by atoms with Crippen molar-refractivity contribution in [2.45, 2.75) is 58.4 Å². The van der Waals surface area contributed by atoms with E-state index in [2.05, 4.69) is 20.2 Å². The van der Waals surface area contributed by atoms with Gasteiger partial charge in [-0.15, -0.1) is 0 Å². The third kappa shape index (κ3) is 3.41. The molecular formula is C18H26N4O3S. The maximum atomic E-state index is 12.9. The van der Waals surface area contributed by atoms with Crippen LogP contribution < -0.4 is 10.0 Å². The molecule has 26 heavy (non-hydrogen) atoms. The van der Waals surface area contributed by atoms with Crippen LogP contribution >= 0.6 is 0 Å². The van der Waals surface area contributed by atoms with Crippen molar-refractivity contribution < 1.29 is 12.9 Å². The van der Waals surface area contributed by atoms with Gasteiger partial charge in [0.05, 0.1) is 10.9 Å². The fourth-order valence-corrected chi connectivity index (χ4v) is 4.88. The molecule has 0 amide bonds. The monoisotopic (exact) mass is 378 g/mol. The van der Waals surface area contributed by atoms with Crippen molar-refractivity contribution in [1.29, 1.82) is 0 Å². The quantitative estimate of drug-likeness (QED) is 0.800. The predicted molar refractivity (Wildman–Crippen MR) is 98.7 cm³/mol. The molecule has 3 rings (SSSR count). The Balaban J connectivity index is 1.72. The molecule has 1 fully saturated rings. The molecule has 142 valence electrons. The maximum absolute atomic E-state index is 12.9. The van der Waals surface area contributed by atoms with Crippen LogP contribution in [0.3, 0.4) is 0 Å². The number of sulfonamides is 1. The second-order valence-corrected chi connectivity index (χ2v) is 8.65. The highest BCUT2D eigenvalue weighted by Crippen LogP contribution is 2.29. The van der Waals surface area contributed by atoms with E-state index in [1.807, 2.05) is 34.6 Å². The van der Waals surface area contributed by atoms with E-state index in [1.54, 1.807) is 0 Å². The zero-order valence-electron chi connectivity index (χ0n) is 15.9. The summed E-state index contributed by atoms with van der Waals surface area (Å²) < 4.78 is 33.6. The summed E-state index contributed by atoms with van der Waals surface area (Å²) in [6, 6.07) is 0.160. The topological polar surface area (TPSA) is 97.1 Å². The van der Waals surface area contributed by atoms with Gasteiger partial charge in [-0.1, -0.05) is 5.16 Å². The molecule has 2 N–H and O–H groups in total. The molecule has 1 aliphatic heterocycles. The Bertz CT molecular complexity index is 901. The van der Waals surface area contributed by atoms with Crippen molar-refractivity contribution >= 4 is 10.0 Å². The van der Waals surface area contributed by atoms with Crippen molar-refractivity contribution in [3.8, 4) is 0 Å². The van der Waals surface area contributed by atoms with E-state index in [-0.39, 0.29) is 12.6 Å². The van der Waals surface area contributed by atoms with Crippen LogP contribution in [0.4, 0.5) is 0 Å². The Kier molecular flexibility index (Phi) is 5.18. The van der Waals surface area contributed by atoms with Gasteiger partial charge in [-0.3, -0.25) is 0 Å². The van der Waals surface area contributed by atoms with Crippen LogP contribution in [0.15, 0.2) is 9.42 Å². The van der Waals surface area contributed by atoms with E-state index in [1.165, 1.54) is 0 Å². The van der Waals surface area contributed by atoms with Gasteiger partial charge in [0.25, 0.3) is 0 Å². The van der Waals surface area contributed by atoms with Crippen molar-refractivity contribution in [3.63, 3.8) is 0 Å². The Morgan fingerprint density at radius 3 is 2.19 bits per heavy atom. The van der Waals surface area contributed by atoms with E-state index >= 15 is 0 Å². The second kappa shape index (κ2) is 7.09. The molecule has 2 heterocycles. The van der Waals surface area contributed by atoms with Crippen LogP contribution in [0.2, 0.25) is 0 Å². The minimum absolute atomic E-state index is 0.160. The van der Waals surface area contributed by atoms with Crippen molar-refractivity contribution in [2.75, 3.05) is 13.1 Å². The average molecular weight is 378 g/mol. The number of benzene rings is 1. The van der Waals surface area contributed by atoms with Gasteiger partial charge >= 0.3 is 0 Å². The van der Waals surface area contributed by atoms with Gasteiger partial charge in [0, 0.05) is 13.0 Å². The van der Waals surface area contributed by atoms with Crippen LogP contribution in [0.25, 0.3) is 0 Å². The van der Waals surface area contributed by atoms with E-state index < -0.39 is 10.0 Å². The molecular weight excluding hydrogens is 352 g/mol. The predicted octanol–water partition coefficient (Wildman–Crippen LogP) is 2.17. The van der Waals surface area contributed by atoms with Gasteiger partial charge in [0.15, 0.2) is 5.82 Å². The smallest absolute Gasteiger partial charge is 0.241 e. The van der Waals surface area contributed by atoms with Gasteiger partial charge in [-0.05, 0) is 75.4 Å². The summed E-state index contributed by atoms with van der Waals surface area (Å²) in [5.41, 5.74) is 4.77. The van der Waals surface area contributed by atoms with Gasteiger partial charge < -0.3 is 9.84 Å². The Hall–Kier alpha value is -1.77. The van der Waals surface area contributed by atoms with Crippen LogP contribution in [0.5, 0.6) is 0 Å².